The molecule has 4 nitrogen and oxygen atoms in total. The lowest BCUT2D eigenvalue weighted by Gasteiger charge is -2.28. The lowest BCUT2D eigenvalue weighted by Crippen LogP contribution is -2.36. The van der Waals surface area contributed by atoms with Crippen molar-refractivity contribution in [2.24, 2.45) is 4.99 Å². The van der Waals surface area contributed by atoms with Gasteiger partial charge in [-0.3, -0.25) is 4.99 Å². The first-order chi connectivity index (χ1) is 10.7. The van der Waals surface area contributed by atoms with Crippen LogP contribution in [-0.4, -0.2) is 11.9 Å². The van der Waals surface area contributed by atoms with Crippen LogP contribution in [0.1, 0.15) is 18.9 Å². The molecule has 0 spiro atoms. The number of nitrogens with zero attached hydrogens (tertiary/aromatic N) is 1. The summed E-state index contributed by atoms with van der Waals surface area (Å²) < 4.78 is 19.6. The van der Waals surface area contributed by atoms with E-state index >= 15 is 0 Å². The molecule has 0 saturated heterocycles. The Labute approximate surface area is 128 Å². The first-order valence-electron chi connectivity index (χ1n) is 7.28. The van der Waals surface area contributed by atoms with E-state index in [1.807, 2.05) is 13.0 Å². The van der Waals surface area contributed by atoms with Crippen molar-refractivity contribution < 1.29 is 9.13 Å². The van der Waals surface area contributed by atoms with Crippen LogP contribution in [0, 0.1) is 5.82 Å². The normalized spacial score (nSPS) is 18.5. The zero-order chi connectivity index (χ0) is 15.5. The minimum Gasteiger partial charge on any atom is -0.480 e. The summed E-state index contributed by atoms with van der Waals surface area (Å²) in [5, 5.41) is 3.26. The van der Waals surface area contributed by atoms with E-state index in [-0.39, 0.29) is 18.5 Å². The zero-order valence-electron chi connectivity index (χ0n) is 12.3. The number of aliphatic imine (C=N–C) groups is 1. The van der Waals surface area contributed by atoms with Crippen LogP contribution in [0.2, 0.25) is 0 Å². The maximum Gasteiger partial charge on any atom is 0.155 e. The number of halogens is 1. The molecule has 0 saturated carbocycles. The molecule has 1 unspecified atom stereocenters. The van der Waals surface area contributed by atoms with Gasteiger partial charge in [-0.1, -0.05) is 25.1 Å². The molecular weight excluding hydrogens is 281 g/mol. The Kier molecular flexibility index (Phi) is 3.96. The Morgan fingerprint density at radius 2 is 2.09 bits per heavy atom. The second-order valence-electron chi connectivity index (χ2n) is 5.19. The molecule has 2 aromatic rings. The molecule has 1 atom stereocenters. The Hall–Kier alpha value is -2.56. The smallest absolute Gasteiger partial charge is 0.155 e. The highest BCUT2D eigenvalue weighted by Gasteiger charge is 2.24. The summed E-state index contributed by atoms with van der Waals surface area (Å²) in [4.78, 5) is 4.50. The van der Waals surface area contributed by atoms with E-state index in [0.29, 0.717) is 17.1 Å². The molecular formula is C17H18FN3O. The maximum absolute atomic E-state index is 13.7. The van der Waals surface area contributed by atoms with Crippen LogP contribution >= 0.6 is 0 Å². The zero-order valence-corrected chi connectivity index (χ0v) is 12.3. The summed E-state index contributed by atoms with van der Waals surface area (Å²) in [5.41, 5.74) is 7.82. The number of nitrogens with two attached hydrogens (primary N) is 1. The molecule has 0 aliphatic carbocycles. The first kappa shape index (κ1) is 14.4. The van der Waals surface area contributed by atoms with Crippen molar-refractivity contribution >= 4 is 17.2 Å². The monoisotopic (exact) mass is 299 g/mol. The highest BCUT2D eigenvalue weighted by molar-refractivity contribution is 6.02. The molecule has 22 heavy (non-hydrogen) atoms. The molecule has 0 aromatic heterocycles. The van der Waals surface area contributed by atoms with Gasteiger partial charge in [0.2, 0.25) is 0 Å². The lowest BCUT2D eigenvalue weighted by molar-refractivity contribution is 0.258. The fourth-order valence-electron chi connectivity index (χ4n) is 2.38. The number of rotatable bonds is 3. The van der Waals surface area contributed by atoms with Gasteiger partial charge in [0.25, 0.3) is 0 Å². The van der Waals surface area contributed by atoms with Gasteiger partial charge in [-0.25, -0.2) is 4.39 Å². The van der Waals surface area contributed by atoms with E-state index in [1.54, 1.807) is 30.3 Å². The summed E-state index contributed by atoms with van der Waals surface area (Å²) in [5.74, 6) is 1.18. The van der Waals surface area contributed by atoms with E-state index in [2.05, 4.69) is 10.3 Å². The molecule has 2 aromatic carbocycles. The third kappa shape index (κ3) is 2.88. The average Bonchev–Trinajstić information content (AvgIpc) is 2.53. The van der Waals surface area contributed by atoms with E-state index < -0.39 is 0 Å². The number of nitrogens with one attached hydrogen (secondary N) is 1. The van der Waals surface area contributed by atoms with Crippen molar-refractivity contribution in [1.82, 2.24) is 0 Å². The number of amidine groups is 1. The standard InChI is InChI=1S/C17H18FN3O/c1-2-15-17(20-10-11-5-3-4-6-13(11)18)21-14-8-7-12(19)9-16(14)22-15/h3-9,15H,2,10,19H2,1H3,(H,20,21). The van der Waals surface area contributed by atoms with Gasteiger partial charge in [-0.05, 0) is 24.6 Å². The molecule has 1 aliphatic rings. The predicted molar refractivity (Wildman–Crippen MR) is 86.7 cm³/mol. The summed E-state index contributed by atoms with van der Waals surface area (Å²) in [6, 6.07) is 12.1. The number of hydrogen-bond donors (Lipinski definition) is 2. The largest absolute Gasteiger partial charge is 0.480 e. The minimum absolute atomic E-state index is 0.180. The molecule has 0 bridgehead atoms. The van der Waals surface area contributed by atoms with Gasteiger partial charge < -0.3 is 15.8 Å². The SMILES string of the molecule is CCC1Oc2cc(N)ccc2NC1=NCc1ccccc1F. The van der Waals surface area contributed by atoms with Crippen LogP contribution in [0.3, 0.4) is 0 Å². The average molecular weight is 299 g/mol. The van der Waals surface area contributed by atoms with E-state index in [9.17, 15) is 4.39 Å². The summed E-state index contributed by atoms with van der Waals surface area (Å²) >= 11 is 0. The minimum atomic E-state index is -0.246. The predicted octanol–water partition coefficient (Wildman–Crippen LogP) is 3.59. The van der Waals surface area contributed by atoms with E-state index in [0.717, 1.165) is 17.9 Å². The molecule has 5 heteroatoms. The molecule has 1 aliphatic heterocycles. The number of fused-ring (bicyclic) bond motifs is 1. The Morgan fingerprint density at radius 3 is 2.86 bits per heavy atom. The molecule has 114 valence electrons. The Bertz CT molecular complexity index is 715. The topological polar surface area (TPSA) is 59.6 Å². The van der Waals surface area contributed by atoms with Crippen molar-refractivity contribution in [3.05, 3.63) is 53.8 Å². The Balaban J connectivity index is 1.85. The fraction of sp³-hybridized carbons (Fsp3) is 0.235. The Morgan fingerprint density at radius 1 is 1.27 bits per heavy atom. The third-order valence-electron chi connectivity index (χ3n) is 3.59. The van der Waals surface area contributed by atoms with E-state index in [4.69, 9.17) is 10.5 Å². The van der Waals surface area contributed by atoms with Crippen molar-refractivity contribution in [2.75, 3.05) is 11.1 Å². The molecule has 3 rings (SSSR count). The van der Waals surface area contributed by atoms with Gasteiger partial charge in [-0.15, -0.1) is 0 Å². The molecule has 3 N–H and O–H groups in total. The summed E-state index contributed by atoms with van der Waals surface area (Å²) in [7, 11) is 0. The van der Waals surface area contributed by atoms with Crippen molar-refractivity contribution in [3.8, 4) is 5.75 Å². The molecule has 0 amide bonds. The molecule has 0 fully saturated rings. The second kappa shape index (κ2) is 6.05. The van der Waals surface area contributed by atoms with Gasteiger partial charge in [0.05, 0.1) is 12.2 Å². The van der Waals surface area contributed by atoms with E-state index in [1.165, 1.54) is 6.07 Å². The van der Waals surface area contributed by atoms with Gasteiger partial charge in [0.1, 0.15) is 17.4 Å². The van der Waals surface area contributed by atoms with Crippen LogP contribution in [0.5, 0.6) is 5.75 Å². The summed E-state index contributed by atoms with van der Waals surface area (Å²) in [6.45, 7) is 2.29. The number of benzene rings is 2. The molecule has 1 heterocycles. The van der Waals surface area contributed by atoms with Gasteiger partial charge in [0, 0.05) is 17.3 Å². The lowest BCUT2D eigenvalue weighted by atomic mass is 10.1. The van der Waals surface area contributed by atoms with Gasteiger partial charge in [0.15, 0.2) is 6.10 Å². The summed E-state index contributed by atoms with van der Waals surface area (Å²) in [6.07, 6.45) is 0.582. The number of nitrogen functional groups attached to an aromatic ring is 1. The fourth-order valence-corrected chi connectivity index (χ4v) is 2.38. The highest BCUT2D eigenvalue weighted by atomic mass is 19.1. The van der Waals surface area contributed by atoms with Crippen molar-refractivity contribution in [2.45, 2.75) is 26.0 Å². The van der Waals surface area contributed by atoms with Crippen LogP contribution in [-0.2, 0) is 6.54 Å². The van der Waals surface area contributed by atoms with Gasteiger partial charge in [-0.2, -0.15) is 0 Å². The van der Waals surface area contributed by atoms with Gasteiger partial charge >= 0.3 is 0 Å². The van der Waals surface area contributed by atoms with Crippen LogP contribution in [0.4, 0.5) is 15.8 Å². The van der Waals surface area contributed by atoms with Crippen molar-refractivity contribution in [1.29, 1.82) is 0 Å². The first-order valence-corrected chi connectivity index (χ1v) is 7.28. The quantitative estimate of drug-likeness (QED) is 0.851. The van der Waals surface area contributed by atoms with Crippen molar-refractivity contribution in [3.63, 3.8) is 0 Å². The highest BCUT2D eigenvalue weighted by Crippen LogP contribution is 2.32. The molecule has 0 radical (unpaired) electrons. The second-order valence-corrected chi connectivity index (χ2v) is 5.19. The maximum atomic E-state index is 13.7. The van der Waals surface area contributed by atoms with Crippen LogP contribution in [0.15, 0.2) is 47.5 Å². The number of hydrogen-bond acceptors (Lipinski definition) is 3. The number of ether oxygens (including phenoxy) is 1. The third-order valence-corrected chi connectivity index (χ3v) is 3.59. The van der Waals surface area contributed by atoms with Crippen LogP contribution < -0.4 is 15.8 Å². The van der Waals surface area contributed by atoms with Crippen LogP contribution in [0.25, 0.3) is 0 Å². The number of anilines is 2.